The van der Waals surface area contributed by atoms with E-state index in [9.17, 15) is 19.5 Å². The molecule has 0 aliphatic carbocycles. The highest BCUT2D eigenvalue weighted by Gasteiger charge is 2.78. The van der Waals surface area contributed by atoms with Crippen molar-refractivity contribution in [1.82, 2.24) is 15.5 Å². The number of aliphatic hydroxyl groups excluding tert-OH is 1. The van der Waals surface area contributed by atoms with Gasteiger partial charge in [-0.05, 0) is 43.2 Å². The van der Waals surface area contributed by atoms with Crippen molar-refractivity contribution in [1.29, 1.82) is 0 Å². The Morgan fingerprint density at radius 3 is 2.08 bits per heavy atom. The highest BCUT2D eigenvalue weighted by Crippen LogP contribution is 2.63. The Morgan fingerprint density at radius 1 is 0.974 bits per heavy atom. The number of likely N-dealkylation sites (tertiary alicyclic amines) is 1. The molecule has 3 aliphatic heterocycles. The summed E-state index contributed by atoms with van der Waals surface area (Å²) >= 11 is 0. The van der Waals surface area contributed by atoms with Crippen molar-refractivity contribution in [3.05, 3.63) is 71.8 Å². The Bertz CT molecular complexity index is 1210. The number of hydrogen-bond acceptors (Lipinski definition) is 5. The van der Waals surface area contributed by atoms with Gasteiger partial charge in [0.2, 0.25) is 17.7 Å². The van der Waals surface area contributed by atoms with Crippen molar-refractivity contribution in [2.45, 2.75) is 76.4 Å². The fourth-order valence-electron chi connectivity index (χ4n) is 7.05. The fourth-order valence-corrected chi connectivity index (χ4v) is 7.05. The third-order valence-electron chi connectivity index (χ3n) is 8.71. The standard InChI is InChI=1S/C31H39N3O5/c1-20(2)16-23(19-35)34-26(28(37)33-18-22-12-8-5-9-13-22)31-15-14-30(3,39-31)24(25(31)29(34)38)27(36)32-17-21-10-6-4-7-11-21/h4-13,20,23-26,35H,14-19H2,1-3H3,(H,32,36)(H,33,37)/t23-,24-,25+,26?,30+,31?/m1/s1. The highest BCUT2D eigenvalue weighted by molar-refractivity contribution is 5.99. The number of ether oxygens (including phenoxy) is 1. The molecule has 0 radical (unpaired) electrons. The van der Waals surface area contributed by atoms with Crippen LogP contribution in [-0.4, -0.2) is 57.6 Å². The van der Waals surface area contributed by atoms with Crippen LogP contribution in [0.1, 0.15) is 51.2 Å². The molecule has 5 rings (SSSR count). The average molecular weight is 534 g/mol. The van der Waals surface area contributed by atoms with Crippen molar-refractivity contribution < 1.29 is 24.2 Å². The van der Waals surface area contributed by atoms with Gasteiger partial charge in [0.1, 0.15) is 11.6 Å². The molecule has 2 aromatic carbocycles. The predicted octanol–water partition coefficient (Wildman–Crippen LogP) is 2.79. The molecular weight excluding hydrogens is 494 g/mol. The number of rotatable bonds is 10. The largest absolute Gasteiger partial charge is 0.394 e. The molecule has 208 valence electrons. The van der Waals surface area contributed by atoms with Gasteiger partial charge in [-0.15, -0.1) is 0 Å². The van der Waals surface area contributed by atoms with Crippen LogP contribution in [0.5, 0.6) is 0 Å². The summed E-state index contributed by atoms with van der Waals surface area (Å²) in [5, 5.41) is 16.4. The minimum Gasteiger partial charge on any atom is -0.394 e. The van der Waals surface area contributed by atoms with Crippen LogP contribution in [0.25, 0.3) is 0 Å². The van der Waals surface area contributed by atoms with Gasteiger partial charge in [-0.2, -0.15) is 0 Å². The Kier molecular flexibility index (Phi) is 7.53. The van der Waals surface area contributed by atoms with E-state index >= 15 is 0 Å². The van der Waals surface area contributed by atoms with E-state index in [0.29, 0.717) is 32.4 Å². The maximum atomic E-state index is 14.2. The molecule has 2 bridgehead atoms. The molecule has 3 aliphatic rings. The predicted molar refractivity (Wildman–Crippen MR) is 146 cm³/mol. The smallest absolute Gasteiger partial charge is 0.246 e. The second-order valence-electron chi connectivity index (χ2n) is 11.8. The van der Waals surface area contributed by atoms with Gasteiger partial charge in [0.05, 0.1) is 30.1 Å². The lowest BCUT2D eigenvalue weighted by Gasteiger charge is -2.37. The molecule has 3 heterocycles. The van der Waals surface area contributed by atoms with Crippen LogP contribution in [-0.2, 0) is 32.2 Å². The van der Waals surface area contributed by atoms with E-state index < -0.39 is 35.1 Å². The van der Waals surface area contributed by atoms with Crippen LogP contribution >= 0.6 is 0 Å². The van der Waals surface area contributed by atoms with Gasteiger partial charge in [-0.1, -0.05) is 74.5 Å². The van der Waals surface area contributed by atoms with Crippen LogP contribution in [0.2, 0.25) is 0 Å². The Balaban J connectivity index is 1.46. The van der Waals surface area contributed by atoms with Gasteiger partial charge in [0, 0.05) is 13.1 Å². The van der Waals surface area contributed by atoms with E-state index in [1.807, 2.05) is 81.4 Å². The molecule has 8 nitrogen and oxygen atoms in total. The third-order valence-corrected chi connectivity index (χ3v) is 8.71. The number of nitrogens with zero attached hydrogens (tertiary/aromatic N) is 1. The lowest BCUT2D eigenvalue weighted by molar-refractivity contribution is -0.150. The first-order valence-corrected chi connectivity index (χ1v) is 14.0. The van der Waals surface area contributed by atoms with Crippen LogP contribution in [0.3, 0.4) is 0 Å². The highest BCUT2D eigenvalue weighted by atomic mass is 16.5. The van der Waals surface area contributed by atoms with E-state index in [4.69, 9.17) is 4.74 Å². The minimum absolute atomic E-state index is 0.195. The molecule has 0 saturated carbocycles. The van der Waals surface area contributed by atoms with Crippen molar-refractivity contribution >= 4 is 17.7 Å². The third kappa shape index (κ3) is 4.85. The van der Waals surface area contributed by atoms with E-state index in [0.717, 1.165) is 11.1 Å². The topological polar surface area (TPSA) is 108 Å². The molecule has 3 fully saturated rings. The Morgan fingerprint density at radius 2 is 1.54 bits per heavy atom. The van der Waals surface area contributed by atoms with E-state index in [2.05, 4.69) is 10.6 Å². The molecule has 3 N–H and O–H groups in total. The van der Waals surface area contributed by atoms with Gasteiger partial charge in [-0.25, -0.2) is 0 Å². The zero-order valence-corrected chi connectivity index (χ0v) is 22.9. The quantitative estimate of drug-likeness (QED) is 0.435. The van der Waals surface area contributed by atoms with Gasteiger partial charge < -0.3 is 25.4 Å². The number of hydrogen-bond donors (Lipinski definition) is 3. The molecule has 6 atom stereocenters. The molecule has 0 aromatic heterocycles. The molecule has 3 saturated heterocycles. The van der Waals surface area contributed by atoms with Crippen molar-refractivity contribution in [3.8, 4) is 0 Å². The summed E-state index contributed by atoms with van der Waals surface area (Å²) < 4.78 is 6.68. The molecule has 8 heteroatoms. The van der Waals surface area contributed by atoms with E-state index in [1.54, 1.807) is 4.90 Å². The van der Waals surface area contributed by atoms with Crippen LogP contribution in [0, 0.1) is 17.8 Å². The first kappa shape index (κ1) is 27.3. The van der Waals surface area contributed by atoms with Crippen molar-refractivity contribution in [2.24, 2.45) is 17.8 Å². The average Bonchev–Trinajstić information content (AvgIpc) is 3.50. The first-order chi connectivity index (χ1) is 18.7. The van der Waals surface area contributed by atoms with Crippen LogP contribution in [0.15, 0.2) is 60.7 Å². The zero-order valence-electron chi connectivity index (χ0n) is 22.9. The van der Waals surface area contributed by atoms with E-state index in [1.165, 1.54) is 0 Å². The van der Waals surface area contributed by atoms with Crippen LogP contribution < -0.4 is 10.6 Å². The number of amides is 3. The van der Waals surface area contributed by atoms with E-state index in [-0.39, 0.29) is 30.2 Å². The number of fused-ring (bicyclic) bond motifs is 1. The Hall–Kier alpha value is -3.23. The number of carbonyl (C=O) groups excluding carboxylic acids is 3. The van der Waals surface area contributed by atoms with Crippen LogP contribution in [0.4, 0.5) is 0 Å². The molecular formula is C31H39N3O5. The van der Waals surface area contributed by atoms with Gasteiger partial charge >= 0.3 is 0 Å². The lowest BCUT2D eigenvalue weighted by atomic mass is 9.66. The maximum absolute atomic E-state index is 14.2. The number of nitrogens with one attached hydrogen (secondary N) is 2. The van der Waals surface area contributed by atoms with Crippen molar-refractivity contribution in [2.75, 3.05) is 6.61 Å². The summed E-state index contributed by atoms with van der Waals surface area (Å²) in [5.41, 5.74) is -0.0630. The molecule has 2 unspecified atom stereocenters. The summed E-state index contributed by atoms with van der Waals surface area (Å²) in [6.07, 6.45) is 1.61. The fraction of sp³-hybridized carbons (Fsp3) is 0.516. The summed E-state index contributed by atoms with van der Waals surface area (Å²) in [7, 11) is 0. The van der Waals surface area contributed by atoms with Gasteiger partial charge in [-0.3, -0.25) is 14.4 Å². The Labute approximate surface area is 230 Å². The second-order valence-corrected chi connectivity index (χ2v) is 11.8. The normalized spacial score (nSPS) is 29.9. The maximum Gasteiger partial charge on any atom is 0.246 e. The van der Waals surface area contributed by atoms with Gasteiger partial charge in [0.15, 0.2) is 0 Å². The lowest BCUT2D eigenvalue weighted by Crippen LogP contribution is -2.58. The summed E-state index contributed by atoms with van der Waals surface area (Å²) in [4.78, 5) is 43.4. The minimum atomic E-state index is -1.12. The summed E-state index contributed by atoms with van der Waals surface area (Å²) in [5.74, 6) is -2.16. The summed E-state index contributed by atoms with van der Waals surface area (Å²) in [6.45, 7) is 6.33. The molecule has 39 heavy (non-hydrogen) atoms. The zero-order chi connectivity index (χ0) is 27.8. The molecule has 3 amide bonds. The van der Waals surface area contributed by atoms with Crippen molar-refractivity contribution in [3.63, 3.8) is 0 Å². The first-order valence-electron chi connectivity index (χ1n) is 14.0. The molecule has 2 aromatic rings. The van der Waals surface area contributed by atoms with Gasteiger partial charge in [0.25, 0.3) is 0 Å². The SMILES string of the molecule is CC(C)C[C@H](CO)N1C(=O)[C@@H]2[C@H](C(=O)NCc3ccccc3)[C@]3(C)CCC2(O3)C1C(=O)NCc1ccccc1. The molecule has 1 spiro atoms. The number of benzene rings is 2. The number of aliphatic hydroxyl groups is 1. The summed E-state index contributed by atoms with van der Waals surface area (Å²) in [6, 6.07) is 17.8. The monoisotopic (exact) mass is 533 g/mol. The number of carbonyl (C=O) groups is 3. The second kappa shape index (κ2) is 10.7.